The first-order valence-electron chi connectivity index (χ1n) is 5.13. The molecule has 0 saturated carbocycles. The van der Waals surface area contributed by atoms with Gasteiger partial charge in [0.1, 0.15) is 0 Å². The molecule has 0 fully saturated rings. The fourth-order valence-corrected chi connectivity index (χ4v) is 2.38. The monoisotopic (exact) mass is 228 g/mol. The van der Waals surface area contributed by atoms with E-state index in [4.69, 9.17) is 10.5 Å². The Kier molecular flexibility index (Phi) is 5.25. The molecule has 2 atom stereocenters. The van der Waals surface area contributed by atoms with Crippen LogP contribution in [-0.2, 0) is 4.74 Å². The molecule has 86 valence electrons. The average molecular weight is 228 g/mol. The predicted octanol–water partition coefficient (Wildman–Crippen LogP) is 1.71. The van der Waals surface area contributed by atoms with E-state index in [9.17, 15) is 0 Å². The van der Waals surface area contributed by atoms with Crippen LogP contribution in [0.15, 0.2) is 16.8 Å². The molecule has 0 aliphatic heterocycles. The van der Waals surface area contributed by atoms with Gasteiger partial charge in [-0.1, -0.05) is 0 Å². The minimum absolute atomic E-state index is 0.293. The molecule has 1 aromatic heterocycles. The highest BCUT2D eigenvalue weighted by molar-refractivity contribution is 7.07. The van der Waals surface area contributed by atoms with Gasteiger partial charge in [-0.3, -0.25) is 4.90 Å². The third-order valence-electron chi connectivity index (χ3n) is 2.75. The molecule has 0 saturated heterocycles. The van der Waals surface area contributed by atoms with Crippen molar-refractivity contribution in [3.63, 3.8) is 0 Å². The number of hydrogen-bond donors (Lipinski definition) is 1. The summed E-state index contributed by atoms with van der Waals surface area (Å²) in [5.74, 6) is 0. The largest absolute Gasteiger partial charge is 0.383 e. The van der Waals surface area contributed by atoms with Crippen molar-refractivity contribution in [2.24, 2.45) is 5.73 Å². The first-order valence-corrected chi connectivity index (χ1v) is 6.08. The van der Waals surface area contributed by atoms with Crippen LogP contribution in [0.3, 0.4) is 0 Å². The molecule has 0 aliphatic rings. The van der Waals surface area contributed by atoms with E-state index in [1.54, 1.807) is 18.4 Å². The Morgan fingerprint density at radius 3 is 2.80 bits per heavy atom. The lowest BCUT2D eigenvalue weighted by atomic mass is 10.1. The lowest BCUT2D eigenvalue weighted by Gasteiger charge is -2.31. The quantitative estimate of drug-likeness (QED) is 0.805. The lowest BCUT2D eigenvalue weighted by Crippen LogP contribution is -2.39. The van der Waals surface area contributed by atoms with Gasteiger partial charge in [-0.15, -0.1) is 0 Å². The molecule has 1 heterocycles. The summed E-state index contributed by atoms with van der Waals surface area (Å²) in [4.78, 5) is 2.27. The van der Waals surface area contributed by atoms with E-state index in [-0.39, 0.29) is 0 Å². The van der Waals surface area contributed by atoms with E-state index < -0.39 is 0 Å². The smallest absolute Gasteiger partial charge is 0.0615 e. The zero-order chi connectivity index (χ0) is 11.3. The molecule has 0 spiro atoms. The Hall–Kier alpha value is -0.420. The molecule has 0 bridgehead atoms. The second kappa shape index (κ2) is 6.23. The number of methoxy groups -OCH3 is 1. The second-order valence-corrected chi connectivity index (χ2v) is 4.56. The van der Waals surface area contributed by atoms with Crippen molar-refractivity contribution in [1.82, 2.24) is 4.90 Å². The van der Waals surface area contributed by atoms with E-state index in [2.05, 4.69) is 35.7 Å². The van der Waals surface area contributed by atoms with E-state index in [0.29, 0.717) is 18.6 Å². The molecule has 0 radical (unpaired) electrons. The van der Waals surface area contributed by atoms with Crippen molar-refractivity contribution >= 4 is 11.3 Å². The highest BCUT2D eigenvalue weighted by Gasteiger charge is 2.20. The summed E-state index contributed by atoms with van der Waals surface area (Å²) < 4.78 is 5.16. The normalized spacial score (nSPS) is 15.5. The van der Waals surface area contributed by atoms with Crippen LogP contribution in [0.5, 0.6) is 0 Å². The van der Waals surface area contributed by atoms with Gasteiger partial charge in [0.25, 0.3) is 0 Å². The van der Waals surface area contributed by atoms with Crippen LogP contribution in [0.1, 0.15) is 18.5 Å². The molecule has 0 amide bonds. The molecule has 1 aromatic rings. The van der Waals surface area contributed by atoms with E-state index in [0.717, 1.165) is 6.61 Å². The van der Waals surface area contributed by atoms with Crippen LogP contribution in [0.2, 0.25) is 0 Å². The number of nitrogens with zero attached hydrogens (tertiary/aromatic N) is 1. The van der Waals surface area contributed by atoms with Gasteiger partial charge >= 0.3 is 0 Å². The summed E-state index contributed by atoms with van der Waals surface area (Å²) in [6, 6.07) is 2.81. The van der Waals surface area contributed by atoms with E-state index in [1.807, 2.05) is 0 Å². The Morgan fingerprint density at radius 2 is 2.33 bits per heavy atom. The summed E-state index contributed by atoms with van der Waals surface area (Å²) in [5.41, 5.74) is 7.12. The molecular weight excluding hydrogens is 208 g/mol. The van der Waals surface area contributed by atoms with Gasteiger partial charge in [0.05, 0.1) is 6.61 Å². The highest BCUT2D eigenvalue weighted by Crippen LogP contribution is 2.22. The Labute approximate surface area is 95.8 Å². The molecule has 0 aliphatic carbocycles. The van der Waals surface area contributed by atoms with Gasteiger partial charge in [0.2, 0.25) is 0 Å². The fourth-order valence-electron chi connectivity index (χ4n) is 1.67. The Bertz CT molecular complexity index is 264. The molecule has 2 N–H and O–H groups in total. The second-order valence-electron chi connectivity index (χ2n) is 3.78. The molecule has 4 heteroatoms. The first-order chi connectivity index (χ1) is 7.20. The Balaban J connectivity index is 2.66. The van der Waals surface area contributed by atoms with Gasteiger partial charge < -0.3 is 10.5 Å². The fraction of sp³-hybridized carbons (Fsp3) is 0.636. The molecular formula is C11H20N2OS. The number of nitrogens with two attached hydrogens (primary N) is 1. The van der Waals surface area contributed by atoms with Crippen LogP contribution >= 0.6 is 11.3 Å². The maximum Gasteiger partial charge on any atom is 0.0615 e. The summed E-state index contributed by atoms with van der Waals surface area (Å²) in [7, 11) is 3.82. The molecule has 2 unspecified atom stereocenters. The molecule has 1 rings (SSSR count). The average Bonchev–Trinajstić information content (AvgIpc) is 2.72. The van der Waals surface area contributed by atoms with Gasteiger partial charge in [0.15, 0.2) is 0 Å². The van der Waals surface area contributed by atoms with Crippen molar-refractivity contribution in [3.8, 4) is 0 Å². The standard InChI is InChI=1S/C11H20N2OS/c1-9(7-14-3)13(2)11(6-12)10-4-5-15-8-10/h4-5,8-9,11H,6-7,12H2,1-3H3. The highest BCUT2D eigenvalue weighted by atomic mass is 32.1. The summed E-state index contributed by atoms with van der Waals surface area (Å²) in [5, 5.41) is 4.25. The Morgan fingerprint density at radius 1 is 1.60 bits per heavy atom. The summed E-state index contributed by atoms with van der Waals surface area (Å²) in [6.45, 7) is 3.52. The molecule has 0 aromatic carbocycles. The number of likely N-dealkylation sites (N-methyl/N-ethyl adjacent to an activating group) is 1. The van der Waals surface area contributed by atoms with Crippen molar-refractivity contribution in [3.05, 3.63) is 22.4 Å². The van der Waals surface area contributed by atoms with Gasteiger partial charge in [-0.2, -0.15) is 11.3 Å². The van der Waals surface area contributed by atoms with Gasteiger partial charge in [0, 0.05) is 25.7 Å². The van der Waals surface area contributed by atoms with Crippen LogP contribution in [-0.4, -0.2) is 38.3 Å². The zero-order valence-electron chi connectivity index (χ0n) is 9.64. The SMILES string of the molecule is COCC(C)N(C)C(CN)c1ccsc1. The molecule has 3 nitrogen and oxygen atoms in total. The topological polar surface area (TPSA) is 38.5 Å². The number of thiophene rings is 1. The van der Waals surface area contributed by atoms with Crippen molar-refractivity contribution in [2.45, 2.75) is 19.0 Å². The number of hydrogen-bond acceptors (Lipinski definition) is 4. The molecule has 15 heavy (non-hydrogen) atoms. The first kappa shape index (κ1) is 12.6. The van der Waals surface area contributed by atoms with Crippen LogP contribution in [0.25, 0.3) is 0 Å². The number of rotatable bonds is 6. The van der Waals surface area contributed by atoms with Crippen molar-refractivity contribution in [1.29, 1.82) is 0 Å². The van der Waals surface area contributed by atoms with E-state index >= 15 is 0 Å². The summed E-state index contributed by atoms with van der Waals surface area (Å²) >= 11 is 1.71. The van der Waals surface area contributed by atoms with Crippen LogP contribution in [0, 0.1) is 0 Å². The van der Waals surface area contributed by atoms with Crippen LogP contribution < -0.4 is 5.73 Å². The van der Waals surface area contributed by atoms with Crippen molar-refractivity contribution < 1.29 is 4.74 Å². The van der Waals surface area contributed by atoms with E-state index in [1.165, 1.54) is 5.56 Å². The predicted molar refractivity (Wildman–Crippen MR) is 65.2 cm³/mol. The lowest BCUT2D eigenvalue weighted by molar-refractivity contribution is 0.0912. The van der Waals surface area contributed by atoms with Gasteiger partial charge in [-0.05, 0) is 36.4 Å². The maximum atomic E-state index is 5.82. The van der Waals surface area contributed by atoms with Gasteiger partial charge in [-0.25, -0.2) is 0 Å². The third-order valence-corrected chi connectivity index (χ3v) is 3.45. The minimum Gasteiger partial charge on any atom is -0.383 e. The summed E-state index contributed by atoms with van der Waals surface area (Å²) in [6.07, 6.45) is 0. The zero-order valence-corrected chi connectivity index (χ0v) is 10.5. The maximum absolute atomic E-state index is 5.82. The minimum atomic E-state index is 0.293. The third kappa shape index (κ3) is 3.28. The van der Waals surface area contributed by atoms with Crippen LogP contribution in [0.4, 0.5) is 0 Å². The van der Waals surface area contributed by atoms with Crippen molar-refractivity contribution in [2.75, 3.05) is 27.3 Å². The number of ether oxygens (including phenoxy) is 1.